The summed E-state index contributed by atoms with van der Waals surface area (Å²) in [5, 5.41) is 6.46. The molecule has 0 amide bonds. The van der Waals surface area contributed by atoms with Crippen molar-refractivity contribution in [2.45, 2.75) is 11.8 Å². The third kappa shape index (κ3) is 5.31. The van der Waals surface area contributed by atoms with Gasteiger partial charge in [0.25, 0.3) is 0 Å². The van der Waals surface area contributed by atoms with Crippen LogP contribution in [-0.4, -0.2) is 50.4 Å². The third-order valence-electron chi connectivity index (χ3n) is 5.01. The number of aromatic nitrogens is 2. The lowest BCUT2D eigenvalue weighted by Gasteiger charge is -2.29. The monoisotopic (exact) mass is 439 g/mol. The molecule has 0 saturated carbocycles. The molecular weight excluding hydrogens is 414 g/mol. The van der Waals surface area contributed by atoms with Crippen LogP contribution in [0.1, 0.15) is 6.92 Å². The average molecular weight is 440 g/mol. The Morgan fingerprint density at radius 1 is 0.935 bits per heavy atom. The van der Waals surface area contributed by atoms with E-state index in [1.165, 1.54) is 6.33 Å². The fraction of sp³-hybridized carbons (Fsp3) is 0.273. The maximum absolute atomic E-state index is 12.1. The first-order chi connectivity index (χ1) is 15.0. The predicted octanol–water partition coefficient (Wildman–Crippen LogP) is 3.59. The molecule has 1 aliphatic rings. The maximum atomic E-state index is 12.1. The lowest BCUT2D eigenvalue weighted by molar-refractivity contribution is 0.122. The fourth-order valence-corrected chi connectivity index (χ4v) is 4.25. The van der Waals surface area contributed by atoms with E-state index >= 15 is 0 Å². The van der Waals surface area contributed by atoms with Gasteiger partial charge in [0.05, 0.1) is 23.9 Å². The second-order valence-corrected chi connectivity index (χ2v) is 9.40. The molecule has 2 N–H and O–H groups in total. The van der Waals surface area contributed by atoms with Gasteiger partial charge in [-0.25, -0.2) is 18.4 Å². The van der Waals surface area contributed by atoms with Gasteiger partial charge in [-0.2, -0.15) is 0 Å². The van der Waals surface area contributed by atoms with Crippen molar-refractivity contribution in [2.24, 2.45) is 0 Å². The van der Waals surface area contributed by atoms with Crippen LogP contribution in [0.3, 0.4) is 0 Å². The largest absolute Gasteiger partial charge is 0.378 e. The third-order valence-corrected chi connectivity index (χ3v) is 6.74. The van der Waals surface area contributed by atoms with Crippen LogP contribution in [0.25, 0.3) is 0 Å². The van der Waals surface area contributed by atoms with Crippen molar-refractivity contribution in [2.75, 3.05) is 47.6 Å². The number of ether oxygens (including phenoxy) is 1. The minimum atomic E-state index is -3.27. The Balaban J connectivity index is 1.49. The smallest absolute Gasteiger partial charge is 0.178 e. The number of sulfone groups is 1. The highest BCUT2D eigenvalue weighted by molar-refractivity contribution is 7.91. The summed E-state index contributed by atoms with van der Waals surface area (Å²) in [4.78, 5) is 11.1. The topological polar surface area (TPSA) is 96.5 Å². The lowest BCUT2D eigenvalue weighted by atomic mass is 10.2. The molecule has 0 unspecified atom stereocenters. The van der Waals surface area contributed by atoms with Crippen molar-refractivity contribution in [1.29, 1.82) is 0 Å². The second kappa shape index (κ2) is 9.32. The van der Waals surface area contributed by atoms with E-state index < -0.39 is 9.84 Å². The Bertz CT molecular complexity index is 1150. The Morgan fingerprint density at radius 2 is 1.58 bits per heavy atom. The Labute approximate surface area is 182 Å². The quantitative estimate of drug-likeness (QED) is 0.577. The molecule has 2 aromatic carbocycles. The number of nitrogens with one attached hydrogen (secondary N) is 2. The highest BCUT2D eigenvalue weighted by Crippen LogP contribution is 2.25. The number of rotatable bonds is 7. The molecule has 1 saturated heterocycles. The summed E-state index contributed by atoms with van der Waals surface area (Å²) in [5.74, 6) is 1.25. The molecule has 0 aliphatic carbocycles. The van der Waals surface area contributed by atoms with E-state index in [0.29, 0.717) is 17.3 Å². The normalized spacial score (nSPS) is 14.3. The molecule has 3 aromatic rings. The maximum Gasteiger partial charge on any atom is 0.178 e. The minimum absolute atomic E-state index is 0.0571. The van der Waals surface area contributed by atoms with E-state index in [0.717, 1.165) is 37.7 Å². The molecule has 0 bridgehead atoms. The van der Waals surface area contributed by atoms with Gasteiger partial charge in [-0.3, -0.25) is 0 Å². The minimum Gasteiger partial charge on any atom is -0.378 e. The van der Waals surface area contributed by atoms with Crippen LogP contribution < -0.4 is 15.5 Å². The molecule has 8 nitrogen and oxygen atoms in total. The lowest BCUT2D eigenvalue weighted by Crippen LogP contribution is -2.36. The summed E-state index contributed by atoms with van der Waals surface area (Å²) >= 11 is 0. The van der Waals surface area contributed by atoms with Crippen molar-refractivity contribution in [3.05, 3.63) is 60.9 Å². The fourth-order valence-electron chi connectivity index (χ4n) is 3.33. The summed E-state index contributed by atoms with van der Waals surface area (Å²) in [7, 11) is -3.27. The summed E-state index contributed by atoms with van der Waals surface area (Å²) in [6, 6.07) is 16.7. The van der Waals surface area contributed by atoms with Crippen LogP contribution in [0.5, 0.6) is 0 Å². The zero-order valence-electron chi connectivity index (χ0n) is 17.3. The highest BCUT2D eigenvalue weighted by Gasteiger charge is 2.13. The van der Waals surface area contributed by atoms with Crippen molar-refractivity contribution in [3.8, 4) is 0 Å². The molecule has 9 heteroatoms. The van der Waals surface area contributed by atoms with Crippen LogP contribution in [0, 0.1) is 0 Å². The molecule has 0 spiro atoms. The first-order valence-electron chi connectivity index (χ1n) is 10.2. The van der Waals surface area contributed by atoms with Gasteiger partial charge in [0.2, 0.25) is 0 Å². The number of nitrogens with zero attached hydrogens (tertiary/aromatic N) is 3. The summed E-state index contributed by atoms with van der Waals surface area (Å²) < 4.78 is 29.7. The highest BCUT2D eigenvalue weighted by atomic mass is 32.2. The Kier molecular flexibility index (Phi) is 6.34. The molecule has 0 atom stereocenters. The first kappa shape index (κ1) is 21.1. The molecule has 0 radical (unpaired) electrons. The molecule has 2 heterocycles. The number of hydrogen-bond donors (Lipinski definition) is 2. The molecule has 1 aliphatic heterocycles. The zero-order valence-corrected chi connectivity index (χ0v) is 18.1. The van der Waals surface area contributed by atoms with Gasteiger partial charge in [0.1, 0.15) is 18.0 Å². The second-order valence-electron chi connectivity index (χ2n) is 7.12. The zero-order chi connectivity index (χ0) is 21.7. The number of benzene rings is 2. The predicted molar refractivity (Wildman–Crippen MR) is 122 cm³/mol. The van der Waals surface area contributed by atoms with Crippen LogP contribution >= 0.6 is 0 Å². The van der Waals surface area contributed by atoms with E-state index in [-0.39, 0.29) is 10.6 Å². The molecule has 31 heavy (non-hydrogen) atoms. The Hall–Kier alpha value is -3.17. The summed E-state index contributed by atoms with van der Waals surface area (Å²) in [6.07, 6.45) is 1.46. The van der Waals surface area contributed by atoms with Crippen molar-refractivity contribution >= 4 is 38.5 Å². The van der Waals surface area contributed by atoms with Crippen molar-refractivity contribution in [3.63, 3.8) is 0 Å². The molecule has 1 aromatic heterocycles. The van der Waals surface area contributed by atoms with Gasteiger partial charge < -0.3 is 20.3 Å². The van der Waals surface area contributed by atoms with Crippen LogP contribution in [-0.2, 0) is 14.6 Å². The Morgan fingerprint density at radius 3 is 2.26 bits per heavy atom. The van der Waals surface area contributed by atoms with E-state index in [4.69, 9.17) is 4.74 Å². The average Bonchev–Trinajstić information content (AvgIpc) is 2.80. The van der Waals surface area contributed by atoms with E-state index in [2.05, 4.69) is 37.6 Å². The number of anilines is 5. The van der Waals surface area contributed by atoms with Gasteiger partial charge in [-0.05, 0) is 36.4 Å². The van der Waals surface area contributed by atoms with Gasteiger partial charge in [0.15, 0.2) is 9.84 Å². The van der Waals surface area contributed by atoms with Crippen molar-refractivity contribution < 1.29 is 13.2 Å². The SMILES string of the molecule is CCS(=O)(=O)c1cccc(Nc2cc(Nc3cccc(N4CCOCC4)c3)ncn2)c1. The molecule has 4 rings (SSSR count). The molecule has 162 valence electrons. The van der Waals surface area contributed by atoms with Crippen molar-refractivity contribution in [1.82, 2.24) is 9.97 Å². The van der Waals surface area contributed by atoms with Gasteiger partial charge >= 0.3 is 0 Å². The van der Waals surface area contributed by atoms with Crippen LogP contribution in [0.15, 0.2) is 65.8 Å². The van der Waals surface area contributed by atoms with Crippen LogP contribution in [0.2, 0.25) is 0 Å². The molecular formula is C22H25N5O3S. The van der Waals surface area contributed by atoms with Gasteiger partial charge in [-0.1, -0.05) is 19.1 Å². The van der Waals surface area contributed by atoms with E-state index in [1.807, 2.05) is 12.1 Å². The van der Waals surface area contributed by atoms with Gasteiger partial charge in [-0.15, -0.1) is 0 Å². The van der Waals surface area contributed by atoms with E-state index in [1.54, 1.807) is 37.3 Å². The number of hydrogen-bond acceptors (Lipinski definition) is 8. The number of morpholine rings is 1. The van der Waals surface area contributed by atoms with Crippen LogP contribution in [0.4, 0.5) is 28.7 Å². The summed E-state index contributed by atoms with van der Waals surface area (Å²) in [5.41, 5.74) is 2.70. The standard InChI is InChI=1S/C22H25N5O3S/c1-2-31(28,29)20-8-4-6-18(14-20)26-22-15-21(23-16-24-22)25-17-5-3-7-19(13-17)27-9-11-30-12-10-27/h3-8,13-16H,2,9-12H2,1H3,(H2,23,24,25,26). The van der Waals surface area contributed by atoms with E-state index in [9.17, 15) is 8.42 Å². The first-order valence-corrected chi connectivity index (χ1v) is 11.8. The van der Waals surface area contributed by atoms with Gasteiger partial charge in [0, 0.05) is 36.2 Å². The molecule has 1 fully saturated rings. The summed E-state index contributed by atoms with van der Waals surface area (Å²) in [6.45, 7) is 4.85.